The first kappa shape index (κ1) is 15.1. The Balaban J connectivity index is 2.21. The lowest BCUT2D eigenvalue weighted by Gasteiger charge is -2.13. The van der Waals surface area contributed by atoms with E-state index in [1.807, 2.05) is 6.07 Å². The molecule has 1 amide bonds. The van der Waals surface area contributed by atoms with Crippen molar-refractivity contribution in [3.63, 3.8) is 0 Å². The second kappa shape index (κ2) is 6.45. The molecule has 0 bridgehead atoms. The third-order valence-electron chi connectivity index (χ3n) is 2.88. The van der Waals surface area contributed by atoms with Gasteiger partial charge in [0.15, 0.2) is 0 Å². The fourth-order valence-electron chi connectivity index (χ4n) is 1.78. The van der Waals surface area contributed by atoms with Crippen LogP contribution in [-0.2, 0) is 0 Å². The molecule has 0 aliphatic rings. The van der Waals surface area contributed by atoms with Crippen LogP contribution in [0.1, 0.15) is 29.0 Å². The van der Waals surface area contributed by atoms with Gasteiger partial charge in [-0.1, -0.05) is 6.07 Å². The van der Waals surface area contributed by atoms with Crippen molar-refractivity contribution in [3.05, 3.63) is 68.4 Å². The Hall–Kier alpha value is -2.28. The van der Waals surface area contributed by atoms with E-state index in [-0.39, 0.29) is 17.3 Å². The molecule has 0 aliphatic carbocycles. The van der Waals surface area contributed by atoms with Crippen molar-refractivity contribution in [2.45, 2.75) is 13.0 Å². The second-order valence-corrected chi connectivity index (χ2v) is 5.23. The van der Waals surface area contributed by atoms with Gasteiger partial charge in [0.1, 0.15) is 0 Å². The molecule has 21 heavy (non-hydrogen) atoms. The number of carbonyl (C=O) groups excluding carboxylic acids is 1. The number of benzene rings is 1. The third kappa shape index (κ3) is 3.63. The largest absolute Gasteiger partial charge is 0.344 e. The van der Waals surface area contributed by atoms with E-state index in [4.69, 9.17) is 0 Å². The highest BCUT2D eigenvalue weighted by atomic mass is 79.9. The number of aromatic nitrogens is 1. The molecule has 0 aliphatic heterocycles. The number of hydrogen-bond donors (Lipinski definition) is 1. The van der Waals surface area contributed by atoms with Crippen molar-refractivity contribution in [2.24, 2.45) is 0 Å². The zero-order valence-electron chi connectivity index (χ0n) is 11.1. The number of nitro benzene ring substituents is 1. The summed E-state index contributed by atoms with van der Waals surface area (Å²) in [7, 11) is 0. The predicted octanol–water partition coefficient (Wildman–Crippen LogP) is 3.24. The first-order valence-electron chi connectivity index (χ1n) is 6.15. The first-order valence-corrected chi connectivity index (χ1v) is 6.94. The van der Waals surface area contributed by atoms with Gasteiger partial charge in [0, 0.05) is 22.8 Å². The highest BCUT2D eigenvalue weighted by Crippen LogP contribution is 2.23. The minimum atomic E-state index is -0.536. The van der Waals surface area contributed by atoms with Gasteiger partial charge in [0.25, 0.3) is 11.6 Å². The summed E-state index contributed by atoms with van der Waals surface area (Å²) < 4.78 is 0.499. The Kier molecular flexibility index (Phi) is 4.64. The SMILES string of the molecule is CC(NC(=O)c1cc([N+](=O)[O-])ccc1Br)c1ccccn1. The standard InChI is InChI=1S/C14H12BrN3O3/c1-9(13-4-2-3-7-16-13)17-14(19)11-8-10(18(20)21)5-6-12(11)15/h2-9H,1H3,(H,17,19). The number of halogens is 1. The number of non-ortho nitro benzene ring substituents is 1. The van der Waals surface area contributed by atoms with Gasteiger partial charge in [0.2, 0.25) is 0 Å². The molecule has 1 heterocycles. The lowest BCUT2D eigenvalue weighted by Crippen LogP contribution is -2.27. The van der Waals surface area contributed by atoms with Gasteiger partial charge in [0.05, 0.1) is 22.2 Å². The van der Waals surface area contributed by atoms with Crippen molar-refractivity contribution in [1.29, 1.82) is 0 Å². The lowest BCUT2D eigenvalue weighted by molar-refractivity contribution is -0.384. The number of nitro groups is 1. The van der Waals surface area contributed by atoms with Gasteiger partial charge in [-0.25, -0.2) is 0 Å². The quantitative estimate of drug-likeness (QED) is 0.678. The molecule has 2 rings (SSSR count). The molecule has 108 valence electrons. The van der Waals surface area contributed by atoms with E-state index in [1.54, 1.807) is 25.3 Å². The smallest absolute Gasteiger partial charge is 0.270 e. The summed E-state index contributed by atoms with van der Waals surface area (Å²) in [4.78, 5) is 26.6. The van der Waals surface area contributed by atoms with Crippen LogP contribution in [0, 0.1) is 10.1 Å². The molecule has 1 aromatic carbocycles. The minimum absolute atomic E-state index is 0.131. The number of nitrogens with one attached hydrogen (secondary N) is 1. The Morgan fingerprint density at radius 1 is 1.38 bits per heavy atom. The maximum atomic E-state index is 12.2. The number of amides is 1. The predicted molar refractivity (Wildman–Crippen MR) is 80.9 cm³/mol. The van der Waals surface area contributed by atoms with Gasteiger partial charge < -0.3 is 5.32 Å². The summed E-state index contributed by atoms with van der Waals surface area (Å²) in [5, 5.41) is 13.5. The number of carbonyl (C=O) groups is 1. The van der Waals surface area contributed by atoms with Crippen molar-refractivity contribution >= 4 is 27.5 Å². The van der Waals surface area contributed by atoms with E-state index >= 15 is 0 Å². The molecular weight excluding hydrogens is 338 g/mol. The van der Waals surface area contributed by atoms with Crippen LogP contribution in [0.15, 0.2) is 47.1 Å². The van der Waals surface area contributed by atoms with Crippen molar-refractivity contribution < 1.29 is 9.72 Å². The summed E-state index contributed by atoms with van der Waals surface area (Å²) in [5.74, 6) is -0.399. The molecule has 1 aromatic heterocycles. The number of hydrogen-bond acceptors (Lipinski definition) is 4. The molecule has 0 saturated carbocycles. The van der Waals surface area contributed by atoms with Gasteiger partial charge in [-0.05, 0) is 41.1 Å². The van der Waals surface area contributed by atoms with Crippen molar-refractivity contribution in [3.8, 4) is 0 Å². The molecular formula is C14H12BrN3O3. The number of nitrogens with zero attached hydrogens (tertiary/aromatic N) is 2. The summed E-state index contributed by atoms with van der Waals surface area (Å²) in [6.45, 7) is 1.80. The van der Waals surface area contributed by atoms with Crippen molar-refractivity contribution in [2.75, 3.05) is 0 Å². The highest BCUT2D eigenvalue weighted by molar-refractivity contribution is 9.10. The Labute approximate surface area is 129 Å². The minimum Gasteiger partial charge on any atom is -0.344 e. The van der Waals surface area contributed by atoms with E-state index < -0.39 is 10.8 Å². The molecule has 0 spiro atoms. The van der Waals surface area contributed by atoms with Gasteiger partial charge in [-0.2, -0.15) is 0 Å². The Morgan fingerprint density at radius 2 is 2.14 bits per heavy atom. The summed E-state index contributed by atoms with van der Waals surface area (Å²) in [6, 6.07) is 9.17. The fourth-order valence-corrected chi connectivity index (χ4v) is 2.21. The Morgan fingerprint density at radius 3 is 2.76 bits per heavy atom. The number of pyridine rings is 1. The summed E-state index contributed by atoms with van der Waals surface area (Å²) in [5.41, 5.74) is 0.799. The third-order valence-corrected chi connectivity index (χ3v) is 3.58. The van der Waals surface area contributed by atoms with Gasteiger partial charge >= 0.3 is 0 Å². The second-order valence-electron chi connectivity index (χ2n) is 4.37. The zero-order valence-corrected chi connectivity index (χ0v) is 12.7. The monoisotopic (exact) mass is 349 g/mol. The van der Waals surface area contributed by atoms with Crippen LogP contribution >= 0.6 is 15.9 Å². The van der Waals surface area contributed by atoms with Gasteiger partial charge in [-0.15, -0.1) is 0 Å². The molecule has 0 fully saturated rings. The van der Waals surface area contributed by atoms with Crippen LogP contribution in [0.5, 0.6) is 0 Å². The maximum Gasteiger partial charge on any atom is 0.270 e. The molecule has 6 nitrogen and oxygen atoms in total. The van der Waals surface area contributed by atoms with E-state index in [9.17, 15) is 14.9 Å². The lowest BCUT2D eigenvalue weighted by atomic mass is 10.1. The molecule has 1 unspecified atom stereocenters. The molecule has 1 atom stereocenters. The van der Waals surface area contributed by atoms with Crippen LogP contribution in [0.25, 0.3) is 0 Å². The highest BCUT2D eigenvalue weighted by Gasteiger charge is 2.18. The van der Waals surface area contributed by atoms with Crippen LogP contribution in [-0.4, -0.2) is 15.8 Å². The van der Waals surface area contributed by atoms with Crippen molar-refractivity contribution in [1.82, 2.24) is 10.3 Å². The van der Waals surface area contributed by atoms with Crippen LogP contribution in [0.2, 0.25) is 0 Å². The molecule has 7 heteroatoms. The average Bonchev–Trinajstić information content (AvgIpc) is 2.48. The molecule has 0 saturated heterocycles. The van der Waals surface area contributed by atoms with E-state index in [0.29, 0.717) is 10.2 Å². The van der Waals surface area contributed by atoms with Crippen LogP contribution in [0.3, 0.4) is 0 Å². The van der Waals surface area contributed by atoms with E-state index in [0.717, 1.165) is 0 Å². The van der Waals surface area contributed by atoms with Crippen LogP contribution < -0.4 is 5.32 Å². The molecule has 1 N–H and O–H groups in total. The fraction of sp³-hybridized carbons (Fsp3) is 0.143. The number of rotatable bonds is 4. The van der Waals surface area contributed by atoms with Gasteiger partial charge in [-0.3, -0.25) is 19.9 Å². The van der Waals surface area contributed by atoms with Crippen LogP contribution in [0.4, 0.5) is 5.69 Å². The van der Waals surface area contributed by atoms with E-state index in [2.05, 4.69) is 26.2 Å². The molecule has 0 radical (unpaired) electrons. The summed E-state index contributed by atoms with van der Waals surface area (Å²) >= 11 is 3.23. The maximum absolute atomic E-state index is 12.2. The molecule has 2 aromatic rings. The average molecular weight is 350 g/mol. The van der Waals surface area contributed by atoms with E-state index in [1.165, 1.54) is 18.2 Å². The normalized spacial score (nSPS) is 11.7. The first-order chi connectivity index (χ1) is 9.99. The Bertz CT molecular complexity index is 676. The zero-order chi connectivity index (χ0) is 15.4. The summed E-state index contributed by atoms with van der Waals surface area (Å²) in [6.07, 6.45) is 1.64. The topological polar surface area (TPSA) is 85.1 Å².